The quantitative estimate of drug-likeness (QED) is 0.505. The molecule has 2 rings (SSSR count). The number of hydrazone groups is 1. The number of carbonyl (C=O) groups is 2. The zero-order valence-corrected chi connectivity index (χ0v) is 15.2. The van der Waals surface area contributed by atoms with Gasteiger partial charge in [-0.25, -0.2) is 10.4 Å². The highest BCUT2D eigenvalue weighted by atomic mass is 35.5. The van der Waals surface area contributed by atoms with Gasteiger partial charge in [0.25, 0.3) is 0 Å². The number of halogens is 1. The number of hydrogen-bond donors (Lipinski definition) is 3. The summed E-state index contributed by atoms with van der Waals surface area (Å²) in [6.07, 6.45) is 0.185. The van der Waals surface area contributed by atoms with Gasteiger partial charge in [-0.05, 0) is 24.6 Å². The topological polar surface area (TPSA) is 109 Å². The molecule has 0 fully saturated rings. The predicted molar refractivity (Wildman–Crippen MR) is 99.4 cm³/mol. The summed E-state index contributed by atoms with van der Waals surface area (Å²) in [6.45, 7) is 2.07. The van der Waals surface area contributed by atoms with Gasteiger partial charge in [0, 0.05) is 22.7 Å². The molecule has 2 amide bonds. The van der Waals surface area contributed by atoms with Gasteiger partial charge in [-0.1, -0.05) is 23.7 Å². The highest BCUT2D eigenvalue weighted by Crippen LogP contribution is 2.11. The van der Waals surface area contributed by atoms with Crippen molar-refractivity contribution in [1.29, 1.82) is 0 Å². The highest BCUT2D eigenvalue weighted by molar-refractivity contribution is 7.13. The maximum absolute atomic E-state index is 11.9. The molecule has 2 aromatic rings. The summed E-state index contributed by atoms with van der Waals surface area (Å²) in [5.74, 6) is -0.496. The number of carbonyl (C=O) groups excluding carboxylic acids is 2. The molecule has 1 heterocycles. The SMILES string of the molecule is CC(CC(=O)NCc1ccc(Cl)cc1)=NNC(=O)Cc1csc(N)n1. The van der Waals surface area contributed by atoms with Crippen LogP contribution in [0.5, 0.6) is 0 Å². The summed E-state index contributed by atoms with van der Waals surface area (Å²) in [4.78, 5) is 27.6. The molecule has 7 nitrogen and oxygen atoms in total. The lowest BCUT2D eigenvalue weighted by atomic mass is 10.2. The second kappa shape index (κ2) is 9.14. The Labute approximate surface area is 154 Å². The van der Waals surface area contributed by atoms with Gasteiger partial charge in [0.15, 0.2) is 5.13 Å². The molecule has 0 aliphatic carbocycles. The highest BCUT2D eigenvalue weighted by Gasteiger charge is 2.07. The Hall–Kier alpha value is -2.45. The van der Waals surface area contributed by atoms with Crippen molar-refractivity contribution >= 4 is 45.6 Å². The van der Waals surface area contributed by atoms with E-state index in [0.29, 0.717) is 28.1 Å². The molecule has 0 radical (unpaired) electrons. The molecule has 0 aliphatic rings. The van der Waals surface area contributed by atoms with E-state index in [4.69, 9.17) is 17.3 Å². The van der Waals surface area contributed by atoms with Gasteiger partial charge in [0.2, 0.25) is 11.8 Å². The zero-order valence-electron chi connectivity index (χ0n) is 13.6. The van der Waals surface area contributed by atoms with Crippen molar-refractivity contribution in [2.24, 2.45) is 5.10 Å². The van der Waals surface area contributed by atoms with E-state index in [9.17, 15) is 9.59 Å². The number of rotatable bonds is 7. The number of nitrogen functional groups attached to an aromatic ring is 1. The van der Waals surface area contributed by atoms with Crippen molar-refractivity contribution in [3.63, 3.8) is 0 Å². The van der Waals surface area contributed by atoms with Crippen LogP contribution in [0, 0.1) is 0 Å². The van der Waals surface area contributed by atoms with Crippen molar-refractivity contribution in [2.75, 3.05) is 5.73 Å². The van der Waals surface area contributed by atoms with Crippen LogP contribution in [-0.2, 0) is 22.6 Å². The van der Waals surface area contributed by atoms with E-state index >= 15 is 0 Å². The van der Waals surface area contributed by atoms with Crippen molar-refractivity contribution in [2.45, 2.75) is 26.3 Å². The van der Waals surface area contributed by atoms with Gasteiger partial charge >= 0.3 is 0 Å². The number of thiazole rings is 1. The molecule has 1 aromatic carbocycles. The molecule has 0 bridgehead atoms. The Balaban J connectivity index is 1.73. The molecule has 25 heavy (non-hydrogen) atoms. The Morgan fingerprint density at radius 3 is 2.64 bits per heavy atom. The van der Waals surface area contributed by atoms with E-state index in [-0.39, 0.29) is 24.7 Å². The lowest BCUT2D eigenvalue weighted by Gasteiger charge is -2.06. The molecule has 0 aliphatic heterocycles. The Bertz CT molecular complexity index is 773. The fraction of sp³-hybridized carbons (Fsp3) is 0.250. The van der Waals surface area contributed by atoms with Crippen LogP contribution in [0.4, 0.5) is 5.13 Å². The van der Waals surface area contributed by atoms with Crippen LogP contribution in [0.3, 0.4) is 0 Å². The summed E-state index contributed by atoms with van der Waals surface area (Å²) in [5, 5.41) is 9.48. The van der Waals surface area contributed by atoms with E-state index in [2.05, 4.69) is 20.8 Å². The first-order chi connectivity index (χ1) is 11.9. The smallest absolute Gasteiger partial charge is 0.246 e. The molecule has 4 N–H and O–H groups in total. The Morgan fingerprint density at radius 1 is 1.28 bits per heavy atom. The lowest BCUT2D eigenvalue weighted by Crippen LogP contribution is -2.26. The van der Waals surface area contributed by atoms with Gasteiger partial charge in [-0.2, -0.15) is 5.10 Å². The molecule has 0 spiro atoms. The number of hydrogen-bond acceptors (Lipinski definition) is 6. The minimum Gasteiger partial charge on any atom is -0.375 e. The van der Waals surface area contributed by atoms with Crippen molar-refractivity contribution in [3.8, 4) is 0 Å². The van der Waals surface area contributed by atoms with Crippen LogP contribution in [0.1, 0.15) is 24.6 Å². The summed E-state index contributed by atoms with van der Waals surface area (Å²) in [5.41, 5.74) is 9.95. The molecule has 0 unspecified atom stereocenters. The van der Waals surface area contributed by atoms with Gasteiger partial charge in [0.1, 0.15) is 0 Å². The molecular weight excluding hydrogens is 362 g/mol. The average molecular weight is 380 g/mol. The molecule has 0 saturated heterocycles. The maximum atomic E-state index is 11.9. The van der Waals surface area contributed by atoms with E-state index in [1.54, 1.807) is 24.4 Å². The average Bonchev–Trinajstić information content (AvgIpc) is 2.97. The Morgan fingerprint density at radius 2 is 2.00 bits per heavy atom. The minimum atomic E-state index is -0.314. The number of nitrogens with two attached hydrogens (primary N) is 1. The summed E-state index contributed by atoms with van der Waals surface area (Å²) in [7, 11) is 0. The summed E-state index contributed by atoms with van der Waals surface area (Å²) in [6, 6.07) is 7.21. The number of aromatic nitrogens is 1. The van der Waals surface area contributed by atoms with Crippen molar-refractivity contribution in [3.05, 3.63) is 45.9 Å². The molecule has 132 valence electrons. The minimum absolute atomic E-state index is 0.0905. The van der Waals surface area contributed by atoms with E-state index in [1.807, 2.05) is 12.1 Å². The van der Waals surface area contributed by atoms with Gasteiger partial charge < -0.3 is 11.1 Å². The number of nitrogens with zero attached hydrogens (tertiary/aromatic N) is 2. The van der Waals surface area contributed by atoms with Crippen LogP contribution < -0.4 is 16.5 Å². The largest absolute Gasteiger partial charge is 0.375 e. The maximum Gasteiger partial charge on any atom is 0.246 e. The standard InChI is InChI=1S/C16H18ClN5O2S/c1-10(21-22-15(24)7-13-9-25-16(18)20-13)6-14(23)19-8-11-2-4-12(17)5-3-11/h2-5,9H,6-8H2,1H3,(H2,18,20)(H,19,23)(H,22,24). The number of nitrogens with one attached hydrogen (secondary N) is 2. The molecular formula is C16H18ClN5O2S. The second-order valence-corrected chi connectivity index (χ2v) is 6.64. The van der Waals surface area contributed by atoms with E-state index < -0.39 is 0 Å². The predicted octanol–water partition coefficient (Wildman–Crippen LogP) is 2.12. The van der Waals surface area contributed by atoms with Gasteiger partial charge in [0.05, 0.1) is 18.5 Å². The monoisotopic (exact) mass is 379 g/mol. The normalized spacial score (nSPS) is 11.2. The third kappa shape index (κ3) is 6.90. The van der Waals surface area contributed by atoms with Crippen LogP contribution in [-0.4, -0.2) is 22.5 Å². The second-order valence-electron chi connectivity index (χ2n) is 5.32. The first-order valence-electron chi connectivity index (χ1n) is 7.45. The fourth-order valence-corrected chi connectivity index (χ4v) is 2.59. The molecule has 9 heteroatoms. The van der Waals surface area contributed by atoms with E-state index in [0.717, 1.165) is 5.56 Å². The van der Waals surface area contributed by atoms with Gasteiger partial charge in [-0.3, -0.25) is 9.59 Å². The Kier molecular flexibility index (Phi) is 6.91. The number of anilines is 1. The fourth-order valence-electron chi connectivity index (χ4n) is 1.90. The number of amides is 2. The molecule has 0 atom stereocenters. The third-order valence-electron chi connectivity index (χ3n) is 3.10. The lowest BCUT2D eigenvalue weighted by molar-refractivity contribution is -0.121. The summed E-state index contributed by atoms with van der Waals surface area (Å²) >= 11 is 7.08. The molecule has 0 saturated carbocycles. The van der Waals surface area contributed by atoms with Crippen LogP contribution >= 0.6 is 22.9 Å². The van der Waals surface area contributed by atoms with E-state index in [1.165, 1.54) is 11.3 Å². The van der Waals surface area contributed by atoms with Crippen molar-refractivity contribution < 1.29 is 9.59 Å². The summed E-state index contributed by atoms with van der Waals surface area (Å²) < 4.78 is 0. The van der Waals surface area contributed by atoms with Crippen LogP contribution in [0.2, 0.25) is 5.02 Å². The zero-order chi connectivity index (χ0) is 18.2. The van der Waals surface area contributed by atoms with Crippen molar-refractivity contribution in [1.82, 2.24) is 15.7 Å². The van der Waals surface area contributed by atoms with Gasteiger partial charge in [-0.15, -0.1) is 11.3 Å². The first kappa shape index (κ1) is 18.9. The van der Waals surface area contributed by atoms with Crippen LogP contribution in [0.25, 0.3) is 0 Å². The van der Waals surface area contributed by atoms with Crippen LogP contribution in [0.15, 0.2) is 34.7 Å². The molecule has 1 aromatic heterocycles. The third-order valence-corrected chi connectivity index (χ3v) is 4.08. The number of benzene rings is 1. The first-order valence-corrected chi connectivity index (χ1v) is 8.71.